The van der Waals surface area contributed by atoms with E-state index in [0.717, 1.165) is 18.9 Å². The van der Waals surface area contributed by atoms with Gasteiger partial charge in [0.15, 0.2) is 0 Å². The Morgan fingerprint density at radius 2 is 1.88 bits per heavy atom. The summed E-state index contributed by atoms with van der Waals surface area (Å²) in [6.07, 6.45) is 11.1. The SMILES string of the molecule is CC#CCC(CC1CCCCCC1)NCC. The summed E-state index contributed by atoms with van der Waals surface area (Å²) in [5, 5.41) is 3.58. The van der Waals surface area contributed by atoms with Crippen molar-refractivity contribution in [1.29, 1.82) is 0 Å². The molecule has 0 aliphatic heterocycles. The van der Waals surface area contributed by atoms with Crippen LogP contribution in [0.1, 0.15) is 65.2 Å². The minimum Gasteiger partial charge on any atom is -0.313 e. The Hall–Kier alpha value is -0.480. The van der Waals surface area contributed by atoms with Crippen molar-refractivity contribution in [2.24, 2.45) is 5.92 Å². The van der Waals surface area contributed by atoms with Crippen molar-refractivity contribution in [3.63, 3.8) is 0 Å². The molecular weight excluding hydrogens is 194 g/mol. The summed E-state index contributed by atoms with van der Waals surface area (Å²) in [6.45, 7) is 5.21. The van der Waals surface area contributed by atoms with E-state index in [2.05, 4.69) is 24.1 Å². The van der Waals surface area contributed by atoms with Gasteiger partial charge >= 0.3 is 0 Å². The summed E-state index contributed by atoms with van der Waals surface area (Å²) in [6, 6.07) is 0.626. The molecule has 0 spiro atoms. The van der Waals surface area contributed by atoms with Crippen LogP contribution in [0.5, 0.6) is 0 Å². The van der Waals surface area contributed by atoms with Gasteiger partial charge in [0.1, 0.15) is 0 Å². The molecule has 0 aromatic heterocycles. The zero-order chi connectivity index (χ0) is 11.6. The topological polar surface area (TPSA) is 12.0 Å². The maximum atomic E-state index is 3.58. The van der Waals surface area contributed by atoms with Crippen LogP contribution in [0.3, 0.4) is 0 Å². The monoisotopic (exact) mass is 221 g/mol. The second-order valence-corrected chi connectivity index (χ2v) is 4.98. The summed E-state index contributed by atoms with van der Waals surface area (Å²) in [4.78, 5) is 0. The molecule has 1 rings (SSSR count). The lowest BCUT2D eigenvalue weighted by Crippen LogP contribution is -2.30. The van der Waals surface area contributed by atoms with Crippen LogP contribution < -0.4 is 5.32 Å². The fourth-order valence-electron chi connectivity index (χ4n) is 2.75. The minimum atomic E-state index is 0.626. The molecule has 1 saturated carbocycles. The highest BCUT2D eigenvalue weighted by Crippen LogP contribution is 2.26. The molecule has 0 aromatic rings. The average Bonchev–Trinajstić information content (AvgIpc) is 2.55. The first-order valence-corrected chi connectivity index (χ1v) is 6.99. The van der Waals surface area contributed by atoms with Crippen LogP contribution in [0.25, 0.3) is 0 Å². The van der Waals surface area contributed by atoms with Gasteiger partial charge in [-0.3, -0.25) is 0 Å². The van der Waals surface area contributed by atoms with E-state index in [9.17, 15) is 0 Å². The van der Waals surface area contributed by atoms with Gasteiger partial charge in [0.05, 0.1) is 0 Å². The van der Waals surface area contributed by atoms with Crippen molar-refractivity contribution in [1.82, 2.24) is 5.32 Å². The van der Waals surface area contributed by atoms with Crippen LogP contribution in [-0.4, -0.2) is 12.6 Å². The molecule has 1 aliphatic carbocycles. The highest BCUT2D eigenvalue weighted by atomic mass is 14.9. The summed E-state index contributed by atoms with van der Waals surface area (Å²) in [5.41, 5.74) is 0. The van der Waals surface area contributed by atoms with Gasteiger partial charge < -0.3 is 5.32 Å². The molecule has 0 radical (unpaired) electrons. The molecule has 1 atom stereocenters. The largest absolute Gasteiger partial charge is 0.313 e. The van der Waals surface area contributed by atoms with E-state index in [4.69, 9.17) is 0 Å². The molecule has 0 saturated heterocycles. The second-order valence-electron chi connectivity index (χ2n) is 4.98. The van der Waals surface area contributed by atoms with Gasteiger partial charge in [-0.2, -0.15) is 0 Å². The summed E-state index contributed by atoms with van der Waals surface area (Å²) in [7, 11) is 0. The van der Waals surface area contributed by atoms with Crippen LogP contribution in [0.15, 0.2) is 0 Å². The van der Waals surface area contributed by atoms with Gasteiger partial charge in [-0.1, -0.05) is 45.4 Å². The first-order chi connectivity index (χ1) is 7.86. The van der Waals surface area contributed by atoms with Gasteiger partial charge in [-0.25, -0.2) is 0 Å². The average molecular weight is 221 g/mol. The summed E-state index contributed by atoms with van der Waals surface area (Å²) in [5.74, 6) is 7.19. The Balaban J connectivity index is 2.34. The first kappa shape index (κ1) is 13.6. The van der Waals surface area contributed by atoms with E-state index in [0.29, 0.717) is 6.04 Å². The third kappa shape index (κ3) is 5.56. The Morgan fingerprint density at radius 3 is 2.44 bits per heavy atom. The molecule has 1 aliphatic rings. The molecular formula is C15H27N. The van der Waals surface area contributed by atoms with Gasteiger partial charge in [0, 0.05) is 12.5 Å². The highest BCUT2D eigenvalue weighted by molar-refractivity contribution is 4.98. The molecule has 0 heterocycles. The Bertz CT molecular complexity index is 215. The van der Waals surface area contributed by atoms with Crippen molar-refractivity contribution in [2.45, 2.75) is 71.3 Å². The third-order valence-electron chi connectivity index (χ3n) is 3.61. The van der Waals surface area contributed by atoms with Crippen molar-refractivity contribution in [3.05, 3.63) is 0 Å². The van der Waals surface area contributed by atoms with Crippen LogP contribution in [0.4, 0.5) is 0 Å². The normalized spacial score (nSPS) is 19.6. The van der Waals surface area contributed by atoms with E-state index in [-0.39, 0.29) is 0 Å². The molecule has 0 bridgehead atoms. The molecule has 0 aromatic carbocycles. The molecule has 0 amide bonds. The predicted molar refractivity (Wildman–Crippen MR) is 71.3 cm³/mol. The fraction of sp³-hybridized carbons (Fsp3) is 0.867. The van der Waals surface area contributed by atoms with E-state index in [1.807, 2.05) is 6.92 Å². The summed E-state index contributed by atoms with van der Waals surface area (Å²) >= 11 is 0. The minimum absolute atomic E-state index is 0.626. The van der Waals surface area contributed by atoms with Gasteiger partial charge in [0.25, 0.3) is 0 Å². The second kappa shape index (κ2) is 8.65. The van der Waals surface area contributed by atoms with E-state index < -0.39 is 0 Å². The van der Waals surface area contributed by atoms with E-state index in [1.165, 1.54) is 44.9 Å². The number of hydrogen-bond acceptors (Lipinski definition) is 1. The zero-order valence-corrected chi connectivity index (χ0v) is 11.0. The van der Waals surface area contributed by atoms with Crippen molar-refractivity contribution in [2.75, 3.05) is 6.54 Å². The van der Waals surface area contributed by atoms with Crippen molar-refractivity contribution >= 4 is 0 Å². The third-order valence-corrected chi connectivity index (χ3v) is 3.61. The molecule has 1 unspecified atom stereocenters. The van der Waals surface area contributed by atoms with Crippen molar-refractivity contribution < 1.29 is 0 Å². The maximum Gasteiger partial charge on any atom is 0.0243 e. The first-order valence-electron chi connectivity index (χ1n) is 6.99. The van der Waals surface area contributed by atoms with E-state index in [1.54, 1.807) is 0 Å². The fourth-order valence-corrected chi connectivity index (χ4v) is 2.75. The quantitative estimate of drug-likeness (QED) is 0.551. The Labute approximate surface area is 101 Å². The Kier molecular flexibility index (Phi) is 7.34. The van der Waals surface area contributed by atoms with Gasteiger partial charge in [-0.05, 0) is 25.8 Å². The zero-order valence-electron chi connectivity index (χ0n) is 11.0. The van der Waals surface area contributed by atoms with Crippen LogP contribution >= 0.6 is 0 Å². The van der Waals surface area contributed by atoms with Crippen LogP contribution in [0.2, 0.25) is 0 Å². The number of rotatable bonds is 5. The molecule has 1 heteroatoms. The smallest absolute Gasteiger partial charge is 0.0243 e. The molecule has 1 nitrogen and oxygen atoms in total. The predicted octanol–water partition coefficient (Wildman–Crippen LogP) is 3.74. The van der Waals surface area contributed by atoms with Crippen LogP contribution in [0, 0.1) is 17.8 Å². The van der Waals surface area contributed by atoms with Gasteiger partial charge in [-0.15, -0.1) is 11.8 Å². The van der Waals surface area contributed by atoms with Crippen molar-refractivity contribution in [3.8, 4) is 11.8 Å². The summed E-state index contributed by atoms with van der Waals surface area (Å²) < 4.78 is 0. The number of hydrogen-bond donors (Lipinski definition) is 1. The van der Waals surface area contributed by atoms with Crippen LogP contribution in [-0.2, 0) is 0 Å². The molecule has 92 valence electrons. The lowest BCUT2D eigenvalue weighted by Gasteiger charge is -2.21. The highest BCUT2D eigenvalue weighted by Gasteiger charge is 2.16. The standard InChI is InChI=1S/C15H27N/c1-3-5-12-15(16-4-2)13-14-10-8-6-7-9-11-14/h14-16H,4,6-13H2,1-2H3. The molecule has 1 fully saturated rings. The lowest BCUT2D eigenvalue weighted by atomic mass is 9.91. The van der Waals surface area contributed by atoms with Gasteiger partial charge in [0.2, 0.25) is 0 Å². The molecule has 16 heavy (non-hydrogen) atoms. The lowest BCUT2D eigenvalue weighted by molar-refractivity contribution is 0.357. The maximum absolute atomic E-state index is 3.58. The molecule has 1 N–H and O–H groups in total. The Morgan fingerprint density at radius 1 is 1.19 bits per heavy atom. The number of nitrogens with one attached hydrogen (secondary N) is 1. The van der Waals surface area contributed by atoms with E-state index >= 15 is 0 Å².